The van der Waals surface area contributed by atoms with Crippen molar-refractivity contribution in [1.82, 2.24) is 5.32 Å². The van der Waals surface area contributed by atoms with Gasteiger partial charge < -0.3 is 10.4 Å². The Morgan fingerprint density at radius 2 is 2.11 bits per heavy atom. The van der Waals surface area contributed by atoms with Gasteiger partial charge in [-0.3, -0.25) is 4.79 Å². The van der Waals surface area contributed by atoms with E-state index in [2.05, 4.69) is 5.32 Å². The Morgan fingerprint density at radius 3 is 2.74 bits per heavy atom. The van der Waals surface area contributed by atoms with Crippen LogP contribution in [-0.4, -0.2) is 23.7 Å². The molecule has 0 heterocycles. The van der Waals surface area contributed by atoms with Gasteiger partial charge in [0, 0.05) is 18.7 Å². The van der Waals surface area contributed by atoms with Crippen LogP contribution in [0.25, 0.3) is 6.08 Å². The van der Waals surface area contributed by atoms with E-state index in [1.165, 1.54) is 6.08 Å². The Hall–Kier alpha value is -1.03. The van der Waals surface area contributed by atoms with Gasteiger partial charge in [-0.25, -0.2) is 0 Å². The Labute approximate surface area is 123 Å². The lowest BCUT2D eigenvalue weighted by Gasteiger charge is -2.18. The molecule has 3 nitrogen and oxygen atoms in total. The minimum absolute atomic E-state index is 0.00658. The Balaban J connectivity index is 2.66. The molecule has 0 spiro atoms. The zero-order chi connectivity index (χ0) is 14.4. The van der Waals surface area contributed by atoms with E-state index in [4.69, 9.17) is 28.3 Å². The second kappa shape index (κ2) is 7.53. The van der Waals surface area contributed by atoms with Crippen molar-refractivity contribution in [2.24, 2.45) is 5.92 Å². The van der Waals surface area contributed by atoms with Crippen LogP contribution in [-0.2, 0) is 4.79 Å². The Morgan fingerprint density at radius 1 is 1.42 bits per heavy atom. The Kier molecular flexibility index (Phi) is 6.35. The average Bonchev–Trinajstić information content (AvgIpc) is 2.39. The molecule has 1 aromatic carbocycles. The molecule has 1 rings (SSSR count). The summed E-state index contributed by atoms with van der Waals surface area (Å²) in [5, 5.41) is 12.6. The summed E-state index contributed by atoms with van der Waals surface area (Å²) in [7, 11) is 0. The van der Waals surface area contributed by atoms with Crippen LogP contribution in [0.3, 0.4) is 0 Å². The van der Waals surface area contributed by atoms with Crippen LogP contribution in [0.4, 0.5) is 0 Å². The van der Waals surface area contributed by atoms with Crippen LogP contribution >= 0.6 is 23.2 Å². The normalized spacial score (nSPS) is 14.4. The van der Waals surface area contributed by atoms with Crippen molar-refractivity contribution in [3.63, 3.8) is 0 Å². The summed E-state index contributed by atoms with van der Waals surface area (Å²) in [4.78, 5) is 11.7. The molecule has 2 unspecified atom stereocenters. The van der Waals surface area contributed by atoms with Gasteiger partial charge in [0.15, 0.2) is 0 Å². The number of halogens is 2. The molecule has 0 bridgehead atoms. The molecule has 1 amide bonds. The monoisotopic (exact) mass is 301 g/mol. The minimum Gasteiger partial charge on any atom is -0.396 e. The summed E-state index contributed by atoms with van der Waals surface area (Å²) in [6, 6.07) is 5.13. The number of carbonyl (C=O) groups is 1. The first-order valence-electron chi connectivity index (χ1n) is 5.99. The lowest BCUT2D eigenvalue weighted by Crippen LogP contribution is -2.37. The van der Waals surface area contributed by atoms with E-state index >= 15 is 0 Å². The van der Waals surface area contributed by atoms with Gasteiger partial charge in [0.25, 0.3) is 0 Å². The molecule has 0 aliphatic carbocycles. The number of carbonyl (C=O) groups excluding carboxylic acids is 1. The van der Waals surface area contributed by atoms with Gasteiger partial charge in [-0.15, -0.1) is 0 Å². The van der Waals surface area contributed by atoms with Gasteiger partial charge in [0.2, 0.25) is 5.91 Å². The lowest BCUT2D eigenvalue weighted by molar-refractivity contribution is -0.117. The van der Waals surface area contributed by atoms with Gasteiger partial charge in [-0.1, -0.05) is 42.3 Å². The van der Waals surface area contributed by atoms with Crippen molar-refractivity contribution in [1.29, 1.82) is 0 Å². The zero-order valence-corrected chi connectivity index (χ0v) is 12.4. The first-order valence-corrected chi connectivity index (χ1v) is 6.74. The quantitative estimate of drug-likeness (QED) is 0.821. The highest BCUT2D eigenvalue weighted by atomic mass is 35.5. The van der Waals surface area contributed by atoms with Crippen LogP contribution in [0.15, 0.2) is 24.3 Å². The van der Waals surface area contributed by atoms with Crippen LogP contribution in [0.5, 0.6) is 0 Å². The molecule has 0 saturated carbocycles. The summed E-state index contributed by atoms with van der Waals surface area (Å²) in [6.45, 7) is 3.74. The van der Waals surface area contributed by atoms with Crippen molar-refractivity contribution in [3.8, 4) is 0 Å². The highest BCUT2D eigenvalue weighted by Crippen LogP contribution is 2.26. The number of hydrogen-bond donors (Lipinski definition) is 2. The summed E-state index contributed by atoms with van der Waals surface area (Å²) in [5.41, 5.74) is 0.687. The van der Waals surface area contributed by atoms with Gasteiger partial charge in [0.05, 0.1) is 10.0 Å². The van der Waals surface area contributed by atoms with Crippen LogP contribution in [0.2, 0.25) is 10.0 Å². The van der Waals surface area contributed by atoms with E-state index < -0.39 is 0 Å². The van der Waals surface area contributed by atoms with Crippen molar-refractivity contribution in [2.45, 2.75) is 19.9 Å². The maximum atomic E-state index is 11.7. The molecular formula is C14H17Cl2NO2. The smallest absolute Gasteiger partial charge is 0.244 e. The summed E-state index contributed by atoms with van der Waals surface area (Å²) in [6.07, 6.45) is 3.01. The number of aliphatic hydroxyl groups is 1. The molecule has 1 aromatic rings. The summed E-state index contributed by atoms with van der Waals surface area (Å²) in [5.74, 6) is -0.226. The third kappa shape index (κ3) is 4.86. The molecule has 5 heteroatoms. The average molecular weight is 302 g/mol. The van der Waals surface area contributed by atoms with Crippen LogP contribution in [0.1, 0.15) is 19.4 Å². The second-order valence-corrected chi connectivity index (χ2v) is 5.22. The van der Waals surface area contributed by atoms with E-state index in [9.17, 15) is 4.79 Å². The molecule has 19 heavy (non-hydrogen) atoms. The predicted octanol–water partition coefficient (Wildman–Crippen LogP) is 3.14. The number of hydrogen-bond acceptors (Lipinski definition) is 2. The van der Waals surface area contributed by atoms with E-state index in [1.54, 1.807) is 24.3 Å². The molecule has 0 aromatic heterocycles. The predicted molar refractivity (Wildman–Crippen MR) is 79.4 cm³/mol. The van der Waals surface area contributed by atoms with Crippen molar-refractivity contribution >= 4 is 35.2 Å². The van der Waals surface area contributed by atoms with Gasteiger partial charge in [0.1, 0.15) is 0 Å². The fraction of sp³-hybridized carbons (Fsp3) is 0.357. The first-order chi connectivity index (χ1) is 8.95. The molecule has 0 radical (unpaired) electrons. The molecule has 0 saturated heterocycles. The third-order valence-corrected chi connectivity index (χ3v) is 3.74. The van der Waals surface area contributed by atoms with E-state index in [-0.39, 0.29) is 24.5 Å². The molecule has 2 N–H and O–H groups in total. The number of amides is 1. The standard InChI is InChI=1S/C14H17Cl2NO2/c1-9(8-18)10(2)17-13(19)7-6-11-4-3-5-12(15)14(11)16/h3-7,9-10,18H,8H2,1-2H3,(H,17,19)/b7-6+. The van der Waals surface area contributed by atoms with Crippen molar-refractivity contribution in [3.05, 3.63) is 39.9 Å². The number of nitrogens with one attached hydrogen (secondary N) is 1. The molecule has 0 aliphatic rings. The number of benzene rings is 1. The van der Waals surface area contributed by atoms with E-state index in [0.29, 0.717) is 15.6 Å². The first kappa shape index (κ1) is 16.0. The molecular weight excluding hydrogens is 285 g/mol. The third-order valence-electron chi connectivity index (χ3n) is 2.91. The van der Waals surface area contributed by atoms with Crippen LogP contribution in [0, 0.1) is 5.92 Å². The van der Waals surface area contributed by atoms with Gasteiger partial charge in [-0.05, 0) is 30.5 Å². The summed E-state index contributed by atoms with van der Waals surface area (Å²) < 4.78 is 0. The molecule has 2 atom stereocenters. The van der Waals surface area contributed by atoms with Crippen molar-refractivity contribution < 1.29 is 9.90 Å². The summed E-state index contributed by atoms with van der Waals surface area (Å²) >= 11 is 11.9. The highest BCUT2D eigenvalue weighted by molar-refractivity contribution is 6.42. The van der Waals surface area contributed by atoms with Gasteiger partial charge in [-0.2, -0.15) is 0 Å². The van der Waals surface area contributed by atoms with Crippen LogP contribution < -0.4 is 5.32 Å². The van der Waals surface area contributed by atoms with Gasteiger partial charge >= 0.3 is 0 Å². The largest absolute Gasteiger partial charge is 0.396 e. The second-order valence-electron chi connectivity index (χ2n) is 4.43. The maximum absolute atomic E-state index is 11.7. The van der Waals surface area contributed by atoms with E-state index in [0.717, 1.165) is 0 Å². The molecule has 0 aliphatic heterocycles. The maximum Gasteiger partial charge on any atom is 0.244 e. The number of aliphatic hydroxyl groups excluding tert-OH is 1. The minimum atomic E-state index is -0.233. The fourth-order valence-electron chi connectivity index (χ4n) is 1.39. The zero-order valence-electron chi connectivity index (χ0n) is 10.9. The Bertz CT molecular complexity index is 475. The SMILES string of the molecule is CC(CO)C(C)NC(=O)/C=C/c1cccc(Cl)c1Cl. The molecule has 104 valence electrons. The molecule has 0 fully saturated rings. The highest BCUT2D eigenvalue weighted by Gasteiger charge is 2.12. The topological polar surface area (TPSA) is 49.3 Å². The van der Waals surface area contributed by atoms with Crippen molar-refractivity contribution in [2.75, 3.05) is 6.61 Å². The fourth-order valence-corrected chi connectivity index (χ4v) is 1.76. The lowest BCUT2D eigenvalue weighted by atomic mass is 10.1. The number of rotatable bonds is 5. The van der Waals surface area contributed by atoms with E-state index in [1.807, 2.05) is 13.8 Å².